The van der Waals surface area contributed by atoms with Crippen LogP contribution in [-0.4, -0.2) is 19.1 Å². The summed E-state index contributed by atoms with van der Waals surface area (Å²) in [6.07, 6.45) is 2.13. The summed E-state index contributed by atoms with van der Waals surface area (Å²) in [6, 6.07) is 13.1. The summed E-state index contributed by atoms with van der Waals surface area (Å²) in [4.78, 5) is 12.0. The van der Waals surface area contributed by atoms with Gasteiger partial charge in [-0.05, 0) is 43.2 Å². The molecule has 0 radical (unpaired) electrons. The SMILES string of the molecule is CCCCOc1cccc(NCC(=O)Nc2ccc(C)c(Cl)c2)c1. The smallest absolute Gasteiger partial charge is 0.243 e. The van der Waals surface area contributed by atoms with Crippen molar-refractivity contribution < 1.29 is 9.53 Å². The van der Waals surface area contributed by atoms with Crippen LogP contribution in [0, 0.1) is 6.92 Å². The number of halogens is 1. The number of unbranched alkanes of at least 4 members (excludes halogenated alkanes) is 1. The lowest BCUT2D eigenvalue weighted by atomic mass is 10.2. The second-order valence-electron chi connectivity index (χ2n) is 5.60. The van der Waals surface area contributed by atoms with Crippen LogP contribution < -0.4 is 15.4 Å². The molecule has 2 rings (SSSR count). The van der Waals surface area contributed by atoms with Gasteiger partial charge in [-0.1, -0.05) is 37.1 Å². The molecule has 0 aromatic heterocycles. The molecule has 0 atom stereocenters. The maximum Gasteiger partial charge on any atom is 0.243 e. The zero-order valence-corrected chi connectivity index (χ0v) is 14.8. The third kappa shape index (κ3) is 5.78. The van der Waals surface area contributed by atoms with E-state index in [9.17, 15) is 4.79 Å². The van der Waals surface area contributed by atoms with Gasteiger partial charge in [0.25, 0.3) is 0 Å². The fraction of sp³-hybridized carbons (Fsp3) is 0.316. The Labute approximate surface area is 148 Å². The van der Waals surface area contributed by atoms with Crippen molar-refractivity contribution in [3.8, 4) is 5.75 Å². The average molecular weight is 347 g/mol. The van der Waals surface area contributed by atoms with Gasteiger partial charge in [0.05, 0.1) is 13.2 Å². The molecular weight excluding hydrogens is 324 g/mol. The standard InChI is InChI=1S/C19H23ClN2O2/c1-3-4-10-24-17-7-5-6-15(11-17)21-13-19(23)22-16-9-8-14(2)18(20)12-16/h5-9,11-12,21H,3-4,10,13H2,1-2H3,(H,22,23). The Balaban J connectivity index is 1.84. The first-order valence-electron chi connectivity index (χ1n) is 8.11. The summed E-state index contributed by atoms with van der Waals surface area (Å²) >= 11 is 6.06. The second kappa shape index (κ2) is 9.18. The minimum Gasteiger partial charge on any atom is -0.494 e. The maximum absolute atomic E-state index is 12.0. The lowest BCUT2D eigenvalue weighted by Crippen LogP contribution is -2.21. The summed E-state index contributed by atoms with van der Waals surface area (Å²) in [5, 5.41) is 6.55. The van der Waals surface area contributed by atoms with Crippen LogP contribution in [0.4, 0.5) is 11.4 Å². The third-order valence-electron chi connectivity index (χ3n) is 3.51. The third-order valence-corrected chi connectivity index (χ3v) is 3.92. The summed E-state index contributed by atoms with van der Waals surface area (Å²) in [7, 11) is 0. The summed E-state index contributed by atoms with van der Waals surface area (Å²) in [6.45, 7) is 4.92. The lowest BCUT2D eigenvalue weighted by Gasteiger charge is -2.10. The number of carbonyl (C=O) groups excluding carboxylic acids is 1. The zero-order chi connectivity index (χ0) is 17.4. The number of anilines is 2. The minimum atomic E-state index is -0.132. The van der Waals surface area contributed by atoms with Gasteiger partial charge in [-0.2, -0.15) is 0 Å². The topological polar surface area (TPSA) is 50.4 Å². The van der Waals surface area contributed by atoms with E-state index in [0.717, 1.165) is 29.8 Å². The van der Waals surface area contributed by atoms with Gasteiger partial charge in [0, 0.05) is 22.5 Å². The predicted molar refractivity (Wildman–Crippen MR) is 100 cm³/mol. The first-order valence-corrected chi connectivity index (χ1v) is 8.49. The lowest BCUT2D eigenvalue weighted by molar-refractivity contribution is -0.114. The second-order valence-corrected chi connectivity index (χ2v) is 6.00. The number of rotatable bonds is 8. The monoisotopic (exact) mass is 346 g/mol. The van der Waals surface area contributed by atoms with Crippen LogP contribution >= 0.6 is 11.6 Å². The molecule has 0 bridgehead atoms. The Morgan fingerprint density at radius 3 is 2.75 bits per heavy atom. The Hall–Kier alpha value is -2.20. The molecule has 0 saturated carbocycles. The normalized spacial score (nSPS) is 10.3. The van der Waals surface area contributed by atoms with Crippen molar-refractivity contribution in [1.82, 2.24) is 0 Å². The molecule has 2 aromatic rings. The highest BCUT2D eigenvalue weighted by molar-refractivity contribution is 6.31. The predicted octanol–water partition coefficient (Wildman–Crippen LogP) is 4.88. The van der Waals surface area contributed by atoms with Crippen molar-refractivity contribution in [3.05, 3.63) is 53.1 Å². The van der Waals surface area contributed by atoms with Crippen LogP contribution in [0.5, 0.6) is 5.75 Å². The van der Waals surface area contributed by atoms with Gasteiger partial charge in [0.2, 0.25) is 5.91 Å². The first kappa shape index (κ1) is 18.1. The average Bonchev–Trinajstić information content (AvgIpc) is 2.57. The number of ether oxygens (including phenoxy) is 1. The number of hydrogen-bond acceptors (Lipinski definition) is 3. The Bertz CT molecular complexity index is 689. The van der Waals surface area contributed by atoms with E-state index < -0.39 is 0 Å². The van der Waals surface area contributed by atoms with Crippen LogP contribution in [0.25, 0.3) is 0 Å². The van der Waals surface area contributed by atoms with Crippen molar-refractivity contribution >= 4 is 28.9 Å². The van der Waals surface area contributed by atoms with Crippen LogP contribution in [-0.2, 0) is 4.79 Å². The van der Waals surface area contributed by atoms with E-state index in [0.29, 0.717) is 17.3 Å². The van der Waals surface area contributed by atoms with E-state index >= 15 is 0 Å². The molecule has 1 amide bonds. The van der Waals surface area contributed by atoms with E-state index in [1.54, 1.807) is 6.07 Å². The van der Waals surface area contributed by atoms with Gasteiger partial charge in [-0.15, -0.1) is 0 Å². The molecule has 0 heterocycles. The van der Waals surface area contributed by atoms with E-state index in [2.05, 4.69) is 17.6 Å². The molecule has 5 heteroatoms. The minimum absolute atomic E-state index is 0.132. The first-order chi connectivity index (χ1) is 11.6. The molecule has 0 spiro atoms. The van der Waals surface area contributed by atoms with Crippen LogP contribution in [0.2, 0.25) is 5.02 Å². The van der Waals surface area contributed by atoms with Crippen LogP contribution in [0.3, 0.4) is 0 Å². The molecule has 0 aliphatic rings. The van der Waals surface area contributed by atoms with E-state index in [4.69, 9.17) is 16.3 Å². The van der Waals surface area contributed by atoms with Crippen molar-refractivity contribution in [2.75, 3.05) is 23.8 Å². The molecule has 0 saturated heterocycles. The number of benzene rings is 2. The van der Waals surface area contributed by atoms with Gasteiger partial charge in [-0.25, -0.2) is 0 Å². The fourth-order valence-corrected chi connectivity index (χ4v) is 2.27. The molecule has 0 aliphatic carbocycles. The Morgan fingerprint density at radius 1 is 1.17 bits per heavy atom. The highest BCUT2D eigenvalue weighted by atomic mass is 35.5. The number of amides is 1. The fourth-order valence-electron chi connectivity index (χ4n) is 2.09. The molecular formula is C19H23ClN2O2. The zero-order valence-electron chi connectivity index (χ0n) is 14.1. The van der Waals surface area contributed by atoms with Crippen molar-refractivity contribution in [2.45, 2.75) is 26.7 Å². The van der Waals surface area contributed by atoms with Gasteiger partial charge in [0.1, 0.15) is 5.75 Å². The van der Waals surface area contributed by atoms with Gasteiger partial charge in [0.15, 0.2) is 0 Å². The highest BCUT2D eigenvalue weighted by Gasteiger charge is 2.04. The van der Waals surface area contributed by atoms with Crippen LogP contribution in [0.15, 0.2) is 42.5 Å². The van der Waals surface area contributed by atoms with E-state index in [1.807, 2.05) is 43.3 Å². The van der Waals surface area contributed by atoms with E-state index in [-0.39, 0.29) is 12.5 Å². The molecule has 0 unspecified atom stereocenters. The van der Waals surface area contributed by atoms with Gasteiger partial charge < -0.3 is 15.4 Å². The van der Waals surface area contributed by atoms with Crippen molar-refractivity contribution in [1.29, 1.82) is 0 Å². The van der Waals surface area contributed by atoms with Crippen LogP contribution in [0.1, 0.15) is 25.3 Å². The van der Waals surface area contributed by atoms with Gasteiger partial charge in [-0.3, -0.25) is 4.79 Å². The Kier molecular flexibility index (Phi) is 6.94. The molecule has 128 valence electrons. The molecule has 2 aromatic carbocycles. The van der Waals surface area contributed by atoms with Crippen molar-refractivity contribution in [2.24, 2.45) is 0 Å². The largest absolute Gasteiger partial charge is 0.494 e. The Morgan fingerprint density at radius 2 is 2.00 bits per heavy atom. The molecule has 0 fully saturated rings. The number of hydrogen-bond donors (Lipinski definition) is 2. The summed E-state index contributed by atoms with van der Waals surface area (Å²) < 4.78 is 5.66. The number of aryl methyl sites for hydroxylation is 1. The summed E-state index contributed by atoms with van der Waals surface area (Å²) in [5.41, 5.74) is 2.52. The number of nitrogens with one attached hydrogen (secondary N) is 2. The molecule has 24 heavy (non-hydrogen) atoms. The molecule has 2 N–H and O–H groups in total. The van der Waals surface area contributed by atoms with Gasteiger partial charge >= 0.3 is 0 Å². The highest BCUT2D eigenvalue weighted by Crippen LogP contribution is 2.20. The quantitative estimate of drug-likeness (QED) is 0.670. The van der Waals surface area contributed by atoms with Crippen molar-refractivity contribution in [3.63, 3.8) is 0 Å². The molecule has 4 nitrogen and oxygen atoms in total. The summed E-state index contributed by atoms with van der Waals surface area (Å²) in [5.74, 6) is 0.673. The van der Waals surface area contributed by atoms with E-state index in [1.165, 1.54) is 0 Å². The number of carbonyl (C=O) groups is 1. The molecule has 0 aliphatic heterocycles. The maximum atomic E-state index is 12.0.